The first kappa shape index (κ1) is 21.7. The molecule has 0 bridgehead atoms. The van der Waals surface area contributed by atoms with E-state index in [4.69, 9.17) is 0 Å². The third-order valence-corrected chi connectivity index (χ3v) is 5.88. The van der Waals surface area contributed by atoms with E-state index >= 15 is 0 Å². The first-order valence-electron chi connectivity index (χ1n) is 9.95. The molecule has 2 amide bonds. The highest BCUT2D eigenvalue weighted by atomic mass is 35.5. The van der Waals surface area contributed by atoms with E-state index in [1.54, 1.807) is 0 Å². The number of rotatable bonds is 5. The molecule has 0 saturated carbocycles. The molecule has 1 aromatic rings. The van der Waals surface area contributed by atoms with Crippen molar-refractivity contribution in [1.82, 2.24) is 10.2 Å². The van der Waals surface area contributed by atoms with Gasteiger partial charge >= 0.3 is 0 Å². The van der Waals surface area contributed by atoms with Crippen LogP contribution in [0.2, 0.25) is 0 Å². The molecule has 0 aliphatic carbocycles. The monoisotopic (exact) mass is 393 g/mol. The van der Waals surface area contributed by atoms with E-state index in [1.807, 2.05) is 30.0 Å². The smallest absolute Gasteiger partial charge is 0.254 e. The van der Waals surface area contributed by atoms with Crippen molar-refractivity contribution in [3.8, 4) is 0 Å². The minimum absolute atomic E-state index is 0. The molecule has 2 N–H and O–H groups in total. The van der Waals surface area contributed by atoms with Crippen LogP contribution in [0.4, 0.5) is 5.69 Å². The second-order valence-corrected chi connectivity index (χ2v) is 7.81. The Morgan fingerprint density at radius 3 is 2.67 bits per heavy atom. The van der Waals surface area contributed by atoms with E-state index < -0.39 is 0 Å². The molecule has 1 aromatic carbocycles. The average molecular weight is 394 g/mol. The number of benzene rings is 1. The molecular formula is C21H32ClN3O2. The Hall–Kier alpha value is -1.59. The Morgan fingerprint density at radius 1 is 1.26 bits per heavy atom. The first-order valence-corrected chi connectivity index (χ1v) is 9.95. The molecule has 3 rings (SSSR count). The number of hydrogen-bond donors (Lipinski definition) is 2. The first-order chi connectivity index (χ1) is 12.6. The van der Waals surface area contributed by atoms with Crippen LogP contribution >= 0.6 is 12.4 Å². The van der Waals surface area contributed by atoms with Gasteiger partial charge in [0.2, 0.25) is 5.91 Å². The summed E-state index contributed by atoms with van der Waals surface area (Å²) in [6, 6.07) is 5.61. The molecule has 2 aliphatic rings. The van der Waals surface area contributed by atoms with Crippen LogP contribution in [-0.2, 0) is 4.79 Å². The van der Waals surface area contributed by atoms with Gasteiger partial charge < -0.3 is 15.5 Å². The van der Waals surface area contributed by atoms with E-state index in [9.17, 15) is 9.59 Å². The van der Waals surface area contributed by atoms with Crippen molar-refractivity contribution in [2.45, 2.75) is 46.0 Å². The topological polar surface area (TPSA) is 61.4 Å². The number of nitrogens with zero attached hydrogens (tertiary/aromatic N) is 1. The number of amides is 2. The van der Waals surface area contributed by atoms with Crippen LogP contribution in [0.3, 0.4) is 0 Å². The molecule has 5 nitrogen and oxygen atoms in total. The predicted molar refractivity (Wildman–Crippen MR) is 112 cm³/mol. The summed E-state index contributed by atoms with van der Waals surface area (Å²) in [5.41, 5.74) is 2.33. The van der Waals surface area contributed by atoms with Crippen molar-refractivity contribution in [2.24, 2.45) is 11.8 Å². The summed E-state index contributed by atoms with van der Waals surface area (Å²) in [5.74, 6) is 1.05. The average Bonchev–Trinajstić information content (AvgIpc) is 3.18. The largest absolute Gasteiger partial charge is 0.339 e. The molecule has 0 radical (unpaired) electrons. The summed E-state index contributed by atoms with van der Waals surface area (Å²) < 4.78 is 0. The van der Waals surface area contributed by atoms with Crippen LogP contribution in [0, 0.1) is 18.8 Å². The van der Waals surface area contributed by atoms with Gasteiger partial charge in [-0.15, -0.1) is 12.4 Å². The zero-order valence-corrected chi connectivity index (χ0v) is 17.2. The highest BCUT2D eigenvalue weighted by molar-refractivity contribution is 5.99. The lowest BCUT2D eigenvalue weighted by Gasteiger charge is -2.28. The lowest BCUT2D eigenvalue weighted by atomic mass is 9.85. The van der Waals surface area contributed by atoms with Gasteiger partial charge in [0.25, 0.3) is 5.91 Å². The molecule has 2 atom stereocenters. The van der Waals surface area contributed by atoms with Crippen LogP contribution in [0.15, 0.2) is 18.2 Å². The second-order valence-electron chi connectivity index (χ2n) is 7.81. The third-order valence-electron chi connectivity index (χ3n) is 5.88. The van der Waals surface area contributed by atoms with Crippen molar-refractivity contribution >= 4 is 29.9 Å². The number of likely N-dealkylation sites (tertiary alicyclic amines) is 1. The van der Waals surface area contributed by atoms with E-state index in [-0.39, 0.29) is 24.2 Å². The third kappa shape index (κ3) is 5.45. The van der Waals surface area contributed by atoms with Gasteiger partial charge in [-0.2, -0.15) is 0 Å². The Labute approximate surface area is 168 Å². The molecule has 2 unspecified atom stereocenters. The summed E-state index contributed by atoms with van der Waals surface area (Å²) in [6.07, 6.45) is 5.07. The minimum atomic E-state index is 0. The minimum Gasteiger partial charge on any atom is -0.339 e. The van der Waals surface area contributed by atoms with E-state index in [0.29, 0.717) is 23.8 Å². The molecule has 150 valence electrons. The van der Waals surface area contributed by atoms with Gasteiger partial charge in [0.05, 0.1) is 0 Å². The summed E-state index contributed by atoms with van der Waals surface area (Å²) in [7, 11) is 0. The number of halogens is 1. The van der Waals surface area contributed by atoms with E-state index in [0.717, 1.165) is 50.3 Å². The molecule has 2 fully saturated rings. The van der Waals surface area contributed by atoms with Crippen LogP contribution in [0.1, 0.15) is 54.9 Å². The maximum atomic E-state index is 12.7. The number of carbonyl (C=O) groups excluding carboxylic acids is 2. The maximum absolute atomic E-state index is 12.7. The van der Waals surface area contributed by atoms with Crippen LogP contribution in [0.5, 0.6) is 0 Å². The SMILES string of the molecule is Cc1c(NC(=O)CC(C)C2CCCNC2)cccc1C(=O)N1CCCC1.Cl. The molecule has 6 heteroatoms. The molecule has 2 heterocycles. The Bertz CT molecular complexity index is 653. The normalized spacial score (nSPS) is 20.7. The number of piperidine rings is 1. The molecular weight excluding hydrogens is 362 g/mol. The fourth-order valence-corrected chi connectivity index (χ4v) is 4.12. The number of carbonyl (C=O) groups is 2. The van der Waals surface area contributed by atoms with E-state index in [2.05, 4.69) is 17.6 Å². The van der Waals surface area contributed by atoms with Gasteiger partial charge in [-0.1, -0.05) is 13.0 Å². The molecule has 2 aliphatic heterocycles. The predicted octanol–water partition coefficient (Wildman–Crippen LogP) is 3.62. The van der Waals surface area contributed by atoms with Crippen LogP contribution in [-0.4, -0.2) is 42.9 Å². The van der Waals surface area contributed by atoms with Gasteiger partial charge in [0, 0.05) is 30.8 Å². The lowest BCUT2D eigenvalue weighted by molar-refractivity contribution is -0.117. The Kier molecular flexibility index (Phi) is 8.11. The summed E-state index contributed by atoms with van der Waals surface area (Å²) in [6.45, 7) is 7.86. The quantitative estimate of drug-likeness (QED) is 0.803. The fraction of sp³-hybridized carbons (Fsp3) is 0.619. The number of anilines is 1. The standard InChI is InChI=1S/C21H31N3O2.ClH/c1-15(17-7-6-10-22-14-17)13-20(25)23-19-9-5-8-18(16(19)2)21(26)24-11-3-4-12-24;/h5,8-9,15,17,22H,3-4,6-7,10-14H2,1-2H3,(H,23,25);1H. The van der Waals surface area contributed by atoms with Gasteiger partial charge in [-0.3, -0.25) is 9.59 Å². The van der Waals surface area contributed by atoms with Crippen molar-refractivity contribution in [3.05, 3.63) is 29.3 Å². The van der Waals surface area contributed by atoms with Gasteiger partial charge in [0.15, 0.2) is 0 Å². The van der Waals surface area contributed by atoms with Crippen molar-refractivity contribution in [3.63, 3.8) is 0 Å². The lowest BCUT2D eigenvalue weighted by Crippen LogP contribution is -2.34. The van der Waals surface area contributed by atoms with Crippen molar-refractivity contribution < 1.29 is 9.59 Å². The maximum Gasteiger partial charge on any atom is 0.254 e. The zero-order chi connectivity index (χ0) is 18.5. The van der Waals surface area contributed by atoms with E-state index in [1.165, 1.54) is 12.8 Å². The molecule has 0 aromatic heterocycles. The van der Waals surface area contributed by atoms with Crippen molar-refractivity contribution in [1.29, 1.82) is 0 Å². The Morgan fingerprint density at radius 2 is 2.00 bits per heavy atom. The second kappa shape index (κ2) is 10.1. The summed E-state index contributed by atoms with van der Waals surface area (Å²) in [4.78, 5) is 27.1. The van der Waals surface area contributed by atoms with Crippen LogP contribution in [0.25, 0.3) is 0 Å². The molecule has 0 spiro atoms. The Balaban J connectivity index is 0.00000261. The number of nitrogens with one attached hydrogen (secondary N) is 2. The zero-order valence-electron chi connectivity index (χ0n) is 16.4. The molecule has 27 heavy (non-hydrogen) atoms. The highest BCUT2D eigenvalue weighted by Gasteiger charge is 2.24. The van der Waals surface area contributed by atoms with Gasteiger partial charge in [0.1, 0.15) is 0 Å². The van der Waals surface area contributed by atoms with Gasteiger partial charge in [-0.05, 0) is 75.2 Å². The van der Waals surface area contributed by atoms with Crippen LogP contribution < -0.4 is 10.6 Å². The summed E-state index contributed by atoms with van der Waals surface area (Å²) in [5, 5.41) is 6.46. The summed E-state index contributed by atoms with van der Waals surface area (Å²) >= 11 is 0. The highest BCUT2D eigenvalue weighted by Crippen LogP contribution is 2.25. The number of hydrogen-bond acceptors (Lipinski definition) is 3. The fourth-order valence-electron chi connectivity index (χ4n) is 4.12. The molecule has 2 saturated heterocycles. The van der Waals surface area contributed by atoms with Crippen molar-refractivity contribution in [2.75, 3.05) is 31.5 Å². The van der Waals surface area contributed by atoms with Gasteiger partial charge in [-0.25, -0.2) is 0 Å².